The molecule has 0 radical (unpaired) electrons. The normalized spacial score (nSPS) is 22.2. The van der Waals surface area contributed by atoms with Gasteiger partial charge in [0, 0.05) is 19.6 Å². The molecule has 1 heterocycles. The van der Waals surface area contributed by atoms with Crippen molar-refractivity contribution in [3.8, 4) is 5.75 Å². The zero-order valence-corrected chi connectivity index (χ0v) is 11.8. The first-order chi connectivity index (χ1) is 9.21. The molecule has 0 unspecified atom stereocenters. The minimum Gasteiger partial charge on any atom is -0.495 e. The second-order valence-corrected chi connectivity index (χ2v) is 6.28. The Kier molecular flexibility index (Phi) is 3.40. The van der Waals surface area contributed by atoms with E-state index >= 15 is 0 Å². The van der Waals surface area contributed by atoms with Crippen LogP contribution in [0.1, 0.15) is 37.7 Å². The molecule has 104 valence electrons. The lowest BCUT2D eigenvalue weighted by Gasteiger charge is -2.52. The first kappa shape index (κ1) is 12.8. The standard InChI is InChI=1S/C16H24N2O/c1-19-15-6-5-13(9-14(15)17)10-18-11-16(12-18)7-3-2-4-8-16/h5-6,9H,2-4,7-8,10-12,17H2,1H3. The van der Waals surface area contributed by atoms with Crippen LogP contribution in [-0.2, 0) is 6.54 Å². The molecule has 1 aliphatic carbocycles. The average Bonchev–Trinajstić information content (AvgIpc) is 2.38. The summed E-state index contributed by atoms with van der Waals surface area (Å²) in [4.78, 5) is 2.55. The van der Waals surface area contributed by atoms with E-state index in [2.05, 4.69) is 11.0 Å². The van der Waals surface area contributed by atoms with Crippen LogP contribution in [-0.4, -0.2) is 25.1 Å². The Balaban J connectivity index is 1.57. The van der Waals surface area contributed by atoms with Crippen LogP contribution >= 0.6 is 0 Å². The molecule has 3 nitrogen and oxygen atoms in total. The Hall–Kier alpha value is -1.22. The maximum Gasteiger partial charge on any atom is 0.141 e. The second kappa shape index (κ2) is 5.04. The van der Waals surface area contributed by atoms with E-state index in [4.69, 9.17) is 10.5 Å². The number of hydrogen-bond acceptors (Lipinski definition) is 3. The third-order valence-corrected chi connectivity index (χ3v) is 4.73. The van der Waals surface area contributed by atoms with Crippen molar-refractivity contribution in [2.75, 3.05) is 25.9 Å². The maximum absolute atomic E-state index is 5.96. The highest BCUT2D eigenvalue weighted by atomic mass is 16.5. The summed E-state index contributed by atoms with van der Waals surface area (Å²) in [7, 11) is 1.66. The lowest BCUT2D eigenvalue weighted by molar-refractivity contribution is -0.0332. The number of benzene rings is 1. The van der Waals surface area contributed by atoms with E-state index in [1.54, 1.807) is 7.11 Å². The largest absolute Gasteiger partial charge is 0.495 e. The van der Waals surface area contributed by atoms with Crippen LogP contribution in [0.25, 0.3) is 0 Å². The highest BCUT2D eigenvalue weighted by Crippen LogP contribution is 2.44. The van der Waals surface area contributed by atoms with E-state index in [0.717, 1.165) is 18.0 Å². The van der Waals surface area contributed by atoms with E-state index in [1.807, 2.05) is 12.1 Å². The number of rotatable bonds is 3. The molecular weight excluding hydrogens is 236 g/mol. The van der Waals surface area contributed by atoms with Crippen molar-refractivity contribution >= 4 is 5.69 Å². The van der Waals surface area contributed by atoms with E-state index in [1.165, 1.54) is 50.8 Å². The molecule has 1 saturated heterocycles. The SMILES string of the molecule is COc1ccc(CN2CC3(CCCCC3)C2)cc1N. The van der Waals surface area contributed by atoms with Gasteiger partial charge in [-0.15, -0.1) is 0 Å². The van der Waals surface area contributed by atoms with Crippen LogP contribution in [0.15, 0.2) is 18.2 Å². The Labute approximate surface area is 115 Å². The maximum atomic E-state index is 5.96. The molecule has 1 aromatic carbocycles. The number of nitrogens with two attached hydrogens (primary N) is 1. The summed E-state index contributed by atoms with van der Waals surface area (Å²) in [6, 6.07) is 6.15. The minimum atomic E-state index is 0.663. The van der Waals surface area contributed by atoms with E-state index in [-0.39, 0.29) is 0 Å². The molecular formula is C16H24N2O. The molecule has 1 spiro atoms. The van der Waals surface area contributed by atoms with Gasteiger partial charge in [0.05, 0.1) is 12.8 Å². The fraction of sp³-hybridized carbons (Fsp3) is 0.625. The predicted molar refractivity (Wildman–Crippen MR) is 78.2 cm³/mol. The van der Waals surface area contributed by atoms with Gasteiger partial charge in [0.25, 0.3) is 0 Å². The average molecular weight is 260 g/mol. The summed E-state index contributed by atoms with van der Waals surface area (Å²) in [5, 5.41) is 0. The van der Waals surface area contributed by atoms with Gasteiger partial charge in [-0.3, -0.25) is 4.90 Å². The monoisotopic (exact) mass is 260 g/mol. The molecule has 0 bridgehead atoms. The number of anilines is 1. The Morgan fingerprint density at radius 1 is 1.21 bits per heavy atom. The third kappa shape index (κ3) is 2.57. The van der Waals surface area contributed by atoms with Crippen LogP contribution in [0.2, 0.25) is 0 Å². The fourth-order valence-electron chi connectivity index (χ4n) is 3.77. The Morgan fingerprint density at radius 3 is 2.58 bits per heavy atom. The van der Waals surface area contributed by atoms with E-state index in [0.29, 0.717) is 5.41 Å². The van der Waals surface area contributed by atoms with Gasteiger partial charge >= 0.3 is 0 Å². The summed E-state index contributed by atoms with van der Waals surface area (Å²) in [5.41, 5.74) is 8.66. The summed E-state index contributed by atoms with van der Waals surface area (Å²) < 4.78 is 5.20. The Bertz CT molecular complexity index is 444. The van der Waals surface area contributed by atoms with E-state index in [9.17, 15) is 0 Å². The van der Waals surface area contributed by atoms with Crippen LogP contribution in [0.5, 0.6) is 5.75 Å². The molecule has 1 aromatic rings. The van der Waals surface area contributed by atoms with Gasteiger partial charge in [0.2, 0.25) is 0 Å². The smallest absolute Gasteiger partial charge is 0.141 e. The molecule has 19 heavy (non-hydrogen) atoms. The highest BCUT2D eigenvalue weighted by Gasteiger charge is 2.42. The summed E-state index contributed by atoms with van der Waals surface area (Å²) in [5.74, 6) is 0.774. The molecule has 2 fully saturated rings. The summed E-state index contributed by atoms with van der Waals surface area (Å²) in [6.45, 7) is 3.58. The predicted octanol–water partition coefficient (Wildman–Crippen LogP) is 3.04. The van der Waals surface area contributed by atoms with Crippen LogP contribution in [0, 0.1) is 5.41 Å². The lowest BCUT2D eigenvalue weighted by atomic mass is 9.68. The van der Waals surface area contributed by atoms with E-state index < -0.39 is 0 Å². The molecule has 0 atom stereocenters. The summed E-state index contributed by atoms with van der Waals surface area (Å²) >= 11 is 0. The van der Waals surface area contributed by atoms with Crippen molar-refractivity contribution in [2.24, 2.45) is 5.41 Å². The first-order valence-electron chi connectivity index (χ1n) is 7.36. The minimum absolute atomic E-state index is 0.663. The third-order valence-electron chi connectivity index (χ3n) is 4.73. The quantitative estimate of drug-likeness (QED) is 0.849. The first-order valence-corrected chi connectivity index (χ1v) is 7.36. The van der Waals surface area contributed by atoms with Gasteiger partial charge in [-0.1, -0.05) is 25.3 Å². The second-order valence-electron chi connectivity index (χ2n) is 6.28. The fourth-order valence-corrected chi connectivity index (χ4v) is 3.77. The topological polar surface area (TPSA) is 38.5 Å². The van der Waals surface area contributed by atoms with Crippen molar-refractivity contribution in [1.29, 1.82) is 0 Å². The van der Waals surface area contributed by atoms with Gasteiger partial charge in [-0.2, -0.15) is 0 Å². The van der Waals surface area contributed by atoms with Gasteiger partial charge < -0.3 is 10.5 Å². The Morgan fingerprint density at radius 2 is 1.95 bits per heavy atom. The van der Waals surface area contributed by atoms with Crippen LogP contribution in [0.3, 0.4) is 0 Å². The molecule has 2 aliphatic rings. The van der Waals surface area contributed by atoms with Crippen molar-refractivity contribution in [3.63, 3.8) is 0 Å². The number of nitrogen functional groups attached to an aromatic ring is 1. The van der Waals surface area contributed by atoms with Crippen molar-refractivity contribution in [2.45, 2.75) is 38.6 Å². The highest BCUT2D eigenvalue weighted by molar-refractivity contribution is 5.54. The number of hydrogen-bond donors (Lipinski definition) is 1. The van der Waals surface area contributed by atoms with Crippen molar-refractivity contribution in [3.05, 3.63) is 23.8 Å². The van der Waals surface area contributed by atoms with Gasteiger partial charge in [0.1, 0.15) is 5.75 Å². The molecule has 3 heteroatoms. The van der Waals surface area contributed by atoms with Gasteiger partial charge in [-0.25, -0.2) is 0 Å². The molecule has 1 saturated carbocycles. The number of ether oxygens (including phenoxy) is 1. The molecule has 0 aromatic heterocycles. The molecule has 3 rings (SSSR count). The van der Waals surface area contributed by atoms with Gasteiger partial charge in [0.15, 0.2) is 0 Å². The van der Waals surface area contributed by atoms with Crippen molar-refractivity contribution < 1.29 is 4.74 Å². The van der Waals surface area contributed by atoms with Gasteiger partial charge in [-0.05, 0) is 36.0 Å². The van der Waals surface area contributed by atoms with Crippen LogP contribution < -0.4 is 10.5 Å². The summed E-state index contributed by atoms with van der Waals surface area (Å²) in [6.07, 6.45) is 7.19. The zero-order valence-electron chi connectivity index (χ0n) is 11.8. The number of nitrogens with zero attached hydrogens (tertiary/aromatic N) is 1. The van der Waals surface area contributed by atoms with Crippen LogP contribution in [0.4, 0.5) is 5.69 Å². The van der Waals surface area contributed by atoms with Crippen molar-refractivity contribution in [1.82, 2.24) is 4.90 Å². The molecule has 2 N–H and O–H groups in total. The number of methoxy groups -OCH3 is 1. The number of likely N-dealkylation sites (tertiary alicyclic amines) is 1. The molecule has 1 aliphatic heterocycles. The molecule has 0 amide bonds. The lowest BCUT2D eigenvalue weighted by Crippen LogP contribution is -2.56. The zero-order chi connectivity index (χ0) is 13.3.